The monoisotopic (exact) mass is 622 g/mol. The molecule has 242 valence electrons. The van der Waals surface area contributed by atoms with Gasteiger partial charge in [-0.1, -0.05) is 13.8 Å². The summed E-state index contributed by atoms with van der Waals surface area (Å²) >= 11 is 0. The number of Topliss-reactive ketones (excluding diaryl/α,β-unsaturated/α-hetero) is 1. The summed E-state index contributed by atoms with van der Waals surface area (Å²) < 4.78 is 19.1. The van der Waals surface area contributed by atoms with Gasteiger partial charge in [0.1, 0.15) is 17.5 Å². The number of hydrogen-bond acceptors (Lipinski definition) is 9. The summed E-state index contributed by atoms with van der Waals surface area (Å²) in [4.78, 5) is 58.0. The second kappa shape index (κ2) is 14.4. The summed E-state index contributed by atoms with van der Waals surface area (Å²) in [5.74, 6) is 0.519. The highest BCUT2D eigenvalue weighted by Gasteiger charge is 2.27. The number of carbonyl (C=O) groups excluding carboxylic acids is 4. The number of benzene rings is 1. The molecule has 3 amide bonds. The average molecular weight is 623 g/mol. The molecule has 0 unspecified atom stereocenters. The Morgan fingerprint density at radius 1 is 1.18 bits per heavy atom. The number of aromatic nitrogens is 3. The van der Waals surface area contributed by atoms with Gasteiger partial charge in [-0.05, 0) is 58.2 Å². The van der Waals surface area contributed by atoms with E-state index in [1.54, 1.807) is 44.7 Å². The van der Waals surface area contributed by atoms with E-state index in [0.717, 1.165) is 0 Å². The van der Waals surface area contributed by atoms with Crippen LogP contribution in [0.3, 0.4) is 0 Å². The number of ether oxygens (including phenoxy) is 2. The fraction of sp³-hybridized carbons (Fsp3) is 0.500. The third-order valence-electron chi connectivity index (χ3n) is 7.79. The van der Waals surface area contributed by atoms with Crippen LogP contribution in [-0.2, 0) is 27.5 Å². The van der Waals surface area contributed by atoms with E-state index in [1.807, 2.05) is 19.9 Å². The van der Waals surface area contributed by atoms with Gasteiger partial charge in [-0.15, -0.1) is 0 Å². The molecule has 13 heteroatoms. The van der Waals surface area contributed by atoms with Crippen LogP contribution in [-0.4, -0.2) is 76.0 Å². The topological polar surface area (TPSA) is 158 Å². The lowest BCUT2D eigenvalue weighted by atomic mass is 10.0. The number of nitrogens with zero attached hydrogens (tertiary/aromatic N) is 4. The molecule has 45 heavy (non-hydrogen) atoms. The number of fused-ring (bicyclic) bond motifs is 5. The van der Waals surface area contributed by atoms with Crippen molar-refractivity contribution in [1.82, 2.24) is 30.3 Å². The van der Waals surface area contributed by atoms with E-state index in [4.69, 9.17) is 13.9 Å². The van der Waals surface area contributed by atoms with Crippen molar-refractivity contribution in [3.05, 3.63) is 46.6 Å². The van der Waals surface area contributed by atoms with E-state index < -0.39 is 11.9 Å². The molecule has 0 saturated heterocycles. The first-order chi connectivity index (χ1) is 21.4. The first-order valence-corrected chi connectivity index (χ1v) is 15.1. The molecule has 0 fully saturated rings. The Morgan fingerprint density at radius 2 is 1.93 bits per heavy atom. The lowest BCUT2D eigenvalue weighted by Crippen LogP contribution is -2.52. The molecule has 4 rings (SSSR count). The van der Waals surface area contributed by atoms with Crippen LogP contribution >= 0.6 is 0 Å². The molecule has 4 bridgehead atoms. The SMILES string of the molecule is COc1ccc2cc1OCCCN(C(=O)CCn1nc(C)c(C(C)=O)c1C)CC(=O)N[C@@H](C(C)C)C(=O)NCc1nc-2oc1C. The minimum Gasteiger partial charge on any atom is -0.493 e. The van der Waals surface area contributed by atoms with Crippen LogP contribution in [0.4, 0.5) is 0 Å². The van der Waals surface area contributed by atoms with E-state index in [-0.39, 0.29) is 62.7 Å². The first kappa shape index (κ1) is 33.2. The second-order valence-corrected chi connectivity index (χ2v) is 11.5. The number of ketones is 1. The Hall–Kier alpha value is -4.68. The molecule has 0 saturated carbocycles. The van der Waals surface area contributed by atoms with Crippen molar-refractivity contribution < 1.29 is 33.1 Å². The number of aryl methyl sites for hydroxylation is 3. The molecule has 1 atom stereocenters. The maximum Gasteiger partial charge on any atom is 0.243 e. The molecule has 3 aromatic rings. The second-order valence-electron chi connectivity index (χ2n) is 11.5. The van der Waals surface area contributed by atoms with Crippen molar-refractivity contribution in [2.75, 3.05) is 26.8 Å². The van der Waals surface area contributed by atoms with E-state index in [1.165, 1.54) is 11.8 Å². The lowest BCUT2D eigenvalue weighted by molar-refractivity contribution is -0.137. The van der Waals surface area contributed by atoms with Crippen LogP contribution in [0.2, 0.25) is 0 Å². The highest BCUT2D eigenvalue weighted by molar-refractivity contribution is 5.96. The van der Waals surface area contributed by atoms with Crippen LogP contribution in [0.1, 0.15) is 66.8 Å². The van der Waals surface area contributed by atoms with Gasteiger partial charge in [-0.3, -0.25) is 23.9 Å². The van der Waals surface area contributed by atoms with E-state index >= 15 is 0 Å². The number of rotatable bonds is 6. The Balaban J connectivity index is 1.58. The molecular formula is C32H42N6O7. The van der Waals surface area contributed by atoms with Crippen molar-refractivity contribution in [2.24, 2.45) is 5.92 Å². The molecule has 0 spiro atoms. The van der Waals surface area contributed by atoms with Crippen molar-refractivity contribution in [1.29, 1.82) is 0 Å². The molecule has 1 aromatic carbocycles. The fourth-order valence-corrected chi connectivity index (χ4v) is 5.36. The summed E-state index contributed by atoms with van der Waals surface area (Å²) in [6.07, 6.45) is 0.477. The summed E-state index contributed by atoms with van der Waals surface area (Å²) in [5, 5.41) is 10.1. The van der Waals surface area contributed by atoms with E-state index in [2.05, 4.69) is 20.7 Å². The van der Waals surface area contributed by atoms with Crippen LogP contribution in [0.25, 0.3) is 11.5 Å². The summed E-state index contributed by atoms with van der Waals surface area (Å²) in [5.41, 5.74) is 3.08. The first-order valence-electron chi connectivity index (χ1n) is 15.1. The lowest BCUT2D eigenvalue weighted by Gasteiger charge is -2.26. The number of hydrogen-bond donors (Lipinski definition) is 2. The molecule has 1 aliphatic heterocycles. The smallest absolute Gasteiger partial charge is 0.243 e. The zero-order valence-electron chi connectivity index (χ0n) is 27.0. The van der Waals surface area contributed by atoms with Crippen molar-refractivity contribution in [3.63, 3.8) is 0 Å². The minimum absolute atomic E-state index is 0.0635. The number of amides is 3. The number of carbonyl (C=O) groups is 4. The number of oxazole rings is 1. The van der Waals surface area contributed by atoms with Gasteiger partial charge in [0.15, 0.2) is 17.3 Å². The third-order valence-corrected chi connectivity index (χ3v) is 7.79. The minimum atomic E-state index is -0.827. The zero-order valence-corrected chi connectivity index (χ0v) is 27.0. The molecule has 13 nitrogen and oxygen atoms in total. The molecule has 2 N–H and O–H groups in total. The summed E-state index contributed by atoms with van der Waals surface area (Å²) in [7, 11) is 1.54. The van der Waals surface area contributed by atoms with Crippen LogP contribution < -0.4 is 20.1 Å². The van der Waals surface area contributed by atoms with Gasteiger partial charge in [0, 0.05) is 30.8 Å². The summed E-state index contributed by atoms with van der Waals surface area (Å²) in [6, 6.07) is 4.51. The molecule has 1 aliphatic rings. The van der Waals surface area contributed by atoms with E-state index in [0.29, 0.717) is 57.8 Å². The Labute approximate surface area is 262 Å². The number of nitrogens with one attached hydrogen (secondary N) is 2. The highest BCUT2D eigenvalue weighted by atomic mass is 16.5. The Kier molecular flexibility index (Phi) is 10.6. The molecule has 0 radical (unpaired) electrons. The fourth-order valence-electron chi connectivity index (χ4n) is 5.36. The largest absolute Gasteiger partial charge is 0.493 e. The quantitative estimate of drug-likeness (QED) is 0.394. The van der Waals surface area contributed by atoms with Crippen LogP contribution in [0, 0.1) is 26.7 Å². The predicted octanol–water partition coefficient (Wildman–Crippen LogP) is 3.13. The molecule has 3 heterocycles. The van der Waals surface area contributed by atoms with Crippen molar-refractivity contribution in [2.45, 2.75) is 73.5 Å². The van der Waals surface area contributed by atoms with Crippen LogP contribution in [0.15, 0.2) is 22.6 Å². The maximum absolute atomic E-state index is 13.5. The molecular weight excluding hydrogens is 580 g/mol. The van der Waals surface area contributed by atoms with Gasteiger partial charge >= 0.3 is 0 Å². The molecule has 0 aliphatic carbocycles. The van der Waals surface area contributed by atoms with Crippen molar-refractivity contribution >= 4 is 23.5 Å². The van der Waals surface area contributed by atoms with E-state index in [9.17, 15) is 19.2 Å². The molecule has 2 aromatic heterocycles. The maximum atomic E-state index is 13.5. The average Bonchev–Trinajstić information content (AvgIpc) is 3.51. The number of methoxy groups -OCH3 is 1. The predicted molar refractivity (Wildman–Crippen MR) is 165 cm³/mol. The van der Waals surface area contributed by atoms with Crippen molar-refractivity contribution in [3.8, 4) is 23.0 Å². The third kappa shape index (κ3) is 7.89. The van der Waals surface area contributed by atoms with Gasteiger partial charge in [0.2, 0.25) is 23.6 Å². The van der Waals surface area contributed by atoms with Gasteiger partial charge in [0.05, 0.1) is 38.1 Å². The van der Waals surface area contributed by atoms with Gasteiger partial charge in [-0.2, -0.15) is 5.10 Å². The van der Waals surface area contributed by atoms with Gasteiger partial charge in [0.25, 0.3) is 0 Å². The Bertz CT molecular complexity index is 1570. The van der Waals surface area contributed by atoms with Gasteiger partial charge in [-0.25, -0.2) is 4.98 Å². The summed E-state index contributed by atoms with van der Waals surface area (Å²) in [6.45, 7) is 11.1. The highest BCUT2D eigenvalue weighted by Crippen LogP contribution is 2.33. The zero-order chi connectivity index (χ0) is 32.8. The standard InChI is InChI=1S/C32H42N6O7/c1-18(2)30-31(42)33-16-24-22(6)45-32(34-24)23-9-10-25(43-7)26(15-23)44-14-8-12-37(17-27(40)35-30)28(41)11-13-38-20(4)29(21(5)39)19(3)36-38/h9-10,15,18,30H,8,11-14,16-17H2,1-7H3,(H,33,42)(H,35,40)/t30-/m0/s1. The van der Waals surface area contributed by atoms with Crippen LogP contribution in [0.5, 0.6) is 11.5 Å². The van der Waals surface area contributed by atoms with Gasteiger partial charge < -0.3 is 29.4 Å². The normalized spacial score (nSPS) is 16.4. The Morgan fingerprint density at radius 3 is 2.60 bits per heavy atom.